The summed E-state index contributed by atoms with van der Waals surface area (Å²) in [7, 11) is 0. The van der Waals surface area contributed by atoms with Gasteiger partial charge in [0.2, 0.25) is 5.91 Å². The molecule has 0 bridgehead atoms. The second-order valence-electron chi connectivity index (χ2n) is 4.48. The number of hydrogen-bond acceptors (Lipinski definition) is 2. The summed E-state index contributed by atoms with van der Waals surface area (Å²) in [5.74, 6) is 1.03. The first-order valence-corrected chi connectivity index (χ1v) is 6.20. The van der Waals surface area contributed by atoms with E-state index in [1.165, 1.54) is 5.56 Å². The molecule has 0 spiro atoms. The lowest BCUT2D eigenvalue weighted by molar-refractivity contribution is -0.116. The lowest BCUT2D eigenvalue weighted by Crippen LogP contribution is -2.24. The number of aromatic nitrogens is 2. The number of anilines is 1. The molecular weight excluding hydrogens is 226 g/mol. The van der Waals surface area contributed by atoms with Gasteiger partial charge in [0, 0.05) is 24.4 Å². The maximum atomic E-state index is 11.8. The van der Waals surface area contributed by atoms with E-state index in [1.807, 2.05) is 36.0 Å². The number of benzene rings is 1. The highest BCUT2D eigenvalue weighted by Gasteiger charge is 2.29. The molecule has 4 nitrogen and oxygen atoms in total. The van der Waals surface area contributed by atoms with Gasteiger partial charge in [-0.25, -0.2) is 4.68 Å². The van der Waals surface area contributed by atoms with E-state index in [1.54, 1.807) is 0 Å². The molecule has 0 fully saturated rings. The van der Waals surface area contributed by atoms with Gasteiger partial charge in [0.15, 0.2) is 0 Å². The molecule has 2 heterocycles. The van der Waals surface area contributed by atoms with Gasteiger partial charge in [-0.2, -0.15) is 5.10 Å². The summed E-state index contributed by atoms with van der Waals surface area (Å²) in [4.78, 5) is 11.8. The van der Waals surface area contributed by atoms with Crippen molar-refractivity contribution in [2.75, 3.05) is 5.32 Å². The van der Waals surface area contributed by atoms with Gasteiger partial charge < -0.3 is 5.32 Å². The van der Waals surface area contributed by atoms with Crippen LogP contribution in [0.5, 0.6) is 0 Å². The van der Waals surface area contributed by atoms with Crippen LogP contribution in [0, 0.1) is 0 Å². The second-order valence-corrected chi connectivity index (χ2v) is 4.48. The van der Waals surface area contributed by atoms with Crippen molar-refractivity contribution < 1.29 is 4.79 Å². The fourth-order valence-electron chi connectivity index (χ4n) is 2.49. The maximum Gasteiger partial charge on any atom is 0.226 e. The zero-order chi connectivity index (χ0) is 12.5. The minimum Gasteiger partial charge on any atom is -0.311 e. The highest BCUT2D eigenvalue weighted by atomic mass is 16.1. The highest BCUT2D eigenvalue weighted by Crippen LogP contribution is 2.36. The van der Waals surface area contributed by atoms with Crippen LogP contribution in [0.1, 0.15) is 30.4 Å². The van der Waals surface area contributed by atoms with Crippen molar-refractivity contribution in [3.8, 4) is 0 Å². The molecule has 0 saturated heterocycles. The number of hydrogen-bond donors (Lipinski definition) is 1. The summed E-state index contributed by atoms with van der Waals surface area (Å²) in [5.41, 5.74) is 2.28. The molecule has 1 aromatic carbocycles. The summed E-state index contributed by atoms with van der Waals surface area (Å²) >= 11 is 0. The number of carbonyl (C=O) groups is 1. The first kappa shape index (κ1) is 11.0. The van der Waals surface area contributed by atoms with Crippen molar-refractivity contribution >= 4 is 11.7 Å². The van der Waals surface area contributed by atoms with E-state index >= 15 is 0 Å². The molecule has 3 rings (SSSR count). The summed E-state index contributed by atoms with van der Waals surface area (Å²) in [6.45, 7) is 2.78. The Balaban J connectivity index is 2.08. The third kappa shape index (κ3) is 1.70. The van der Waals surface area contributed by atoms with E-state index < -0.39 is 0 Å². The molecule has 0 radical (unpaired) electrons. The van der Waals surface area contributed by atoms with Crippen LogP contribution in [0.3, 0.4) is 0 Å². The van der Waals surface area contributed by atoms with Crippen molar-refractivity contribution in [1.29, 1.82) is 0 Å². The van der Waals surface area contributed by atoms with Crippen LogP contribution in [0.2, 0.25) is 0 Å². The average Bonchev–Trinajstić information content (AvgIpc) is 2.81. The van der Waals surface area contributed by atoms with Crippen molar-refractivity contribution in [3.63, 3.8) is 0 Å². The van der Waals surface area contributed by atoms with Gasteiger partial charge in [-0.05, 0) is 12.5 Å². The number of aryl methyl sites for hydroxylation is 1. The predicted molar refractivity (Wildman–Crippen MR) is 69.4 cm³/mol. The molecule has 1 unspecified atom stereocenters. The molecule has 1 amide bonds. The van der Waals surface area contributed by atoms with Gasteiger partial charge in [-0.1, -0.05) is 30.3 Å². The van der Waals surface area contributed by atoms with E-state index in [2.05, 4.69) is 22.5 Å². The summed E-state index contributed by atoms with van der Waals surface area (Å²) in [5, 5.41) is 7.25. The standard InChI is InChI=1S/C14H15N3O/c1-2-17-14-12(9-15-17)11(8-13(18)16-14)10-6-4-3-5-7-10/h3-7,9,11H,2,8H2,1H3,(H,16,18). The number of nitrogens with zero attached hydrogens (tertiary/aromatic N) is 2. The summed E-state index contributed by atoms with van der Waals surface area (Å²) in [6.07, 6.45) is 2.36. The lowest BCUT2D eigenvalue weighted by atomic mass is 9.87. The fourth-order valence-corrected chi connectivity index (χ4v) is 2.49. The van der Waals surface area contributed by atoms with Crippen LogP contribution in [0.4, 0.5) is 5.82 Å². The van der Waals surface area contributed by atoms with Crippen molar-refractivity contribution in [3.05, 3.63) is 47.7 Å². The molecular formula is C14H15N3O. The highest BCUT2D eigenvalue weighted by molar-refractivity contribution is 5.94. The lowest BCUT2D eigenvalue weighted by Gasteiger charge is -2.23. The Kier molecular flexibility index (Phi) is 2.63. The first-order valence-electron chi connectivity index (χ1n) is 6.20. The normalized spacial score (nSPS) is 18.3. The number of rotatable bonds is 2. The van der Waals surface area contributed by atoms with E-state index in [0.717, 1.165) is 17.9 Å². The summed E-state index contributed by atoms with van der Waals surface area (Å²) < 4.78 is 1.84. The number of nitrogens with one attached hydrogen (secondary N) is 1. The molecule has 1 atom stereocenters. The molecule has 92 valence electrons. The van der Waals surface area contributed by atoms with Crippen LogP contribution in [0.15, 0.2) is 36.5 Å². The molecule has 4 heteroatoms. The van der Waals surface area contributed by atoms with Crippen molar-refractivity contribution in [1.82, 2.24) is 9.78 Å². The number of fused-ring (bicyclic) bond motifs is 1. The zero-order valence-corrected chi connectivity index (χ0v) is 10.3. The van der Waals surface area contributed by atoms with E-state index in [-0.39, 0.29) is 11.8 Å². The van der Waals surface area contributed by atoms with Gasteiger partial charge in [-0.15, -0.1) is 0 Å². The second kappa shape index (κ2) is 4.29. The van der Waals surface area contributed by atoms with Crippen LogP contribution >= 0.6 is 0 Å². The Labute approximate surface area is 106 Å². The van der Waals surface area contributed by atoms with Gasteiger partial charge in [0.25, 0.3) is 0 Å². The van der Waals surface area contributed by atoms with Crippen LogP contribution in [-0.4, -0.2) is 15.7 Å². The topological polar surface area (TPSA) is 46.9 Å². The minimum atomic E-state index is 0.0616. The van der Waals surface area contributed by atoms with Crippen molar-refractivity contribution in [2.24, 2.45) is 0 Å². The molecule has 0 aliphatic carbocycles. The molecule has 1 aliphatic rings. The molecule has 1 aromatic heterocycles. The SMILES string of the molecule is CCn1ncc2c1NC(=O)CC2c1ccccc1. The zero-order valence-electron chi connectivity index (χ0n) is 10.3. The quantitative estimate of drug-likeness (QED) is 0.877. The minimum absolute atomic E-state index is 0.0616. The van der Waals surface area contributed by atoms with Crippen LogP contribution in [-0.2, 0) is 11.3 Å². The van der Waals surface area contributed by atoms with Crippen molar-refractivity contribution in [2.45, 2.75) is 25.8 Å². The fraction of sp³-hybridized carbons (Fsp3) is 0.286. The van der Waals surface area contributed by atoms with Crippen LogP contribution < -0.4 is 5.32 Å². The largest absolute Gasteiger partial charge is 0.311 e. The number of amides is 1. The number of carbonyl (C=O) groups excluding carboxylic acids is 1. The van der Waals surface area contributed by atoms with E-state index in [4.69, 9.17) is 0 Å². The Morgan fingerprint density at radius 3 is 2.89 bits per heavy atom. The summed E-state index contributed by atoms with van der Waals surface area (Å²) in [6, 6.07) is 10.1. The van der Waals surface area contributed by atoms with E-state index in [9.17, 15) is 4.79 Å². The van der Waals surface area contributed by atoms with Gasteiger partial charge in [-0.3, -0.25) is 4.79 Å². The maximum absolute atomic E-state index is 11.8. The molecule has 1 N–H and O–H groups in total. The Hall–Kier alpha value is -2.10. The Bertz CT molecular complexity index is 574. The first-order chi connectivity index (χ1) is 8.79. The predicted octanol–water partition coefficient (Wildman–Crippen LogP) is 2.38. The molecule has 0 saturated carbocycles. The van der Waals surface area contributed by atoms with Gasteiger partial charge >= 0.3 is 0 Å². The smallest absolute Gasteiger partial charge is 0.226 e. The third-order valence-electron chi connectivity index (χ3n) is 3.39. The van der Waals surface area contributed by atoms with E-state index in [0.29, 0.717) is 6.42 Å². The van der Waals surface area contributed by atoms with Gasteiger partial charge in [0.1, 0.15) is 5.82 Å². The molecule has 1 aliphatic heterocycles. The Morgan fingerprint density at radius 1 is 1.39 bits per heavy atom. The van der Waals surface area contributed by atoms with Crippen LogP contribution in [0.25, 0.3) is 0 Å². The molecule has 2 aromatic rings. The van der Waals surface area contributed by atoms with Gasteiger partial charge in [0.05, 0.1) is 6.20 Å². The third-order valence-corrected chi connectivity index (χ3v) is 3.39. The monoisotopic (exact) mass is 241 g/mol. The Morgan fingerprint density at radius 2 is 2.17 bits per heavy atom. The average molecular weight is 241 g/mol. The molecule has 18 heavy (non-hydrogen) atoms.